The molecular formula is C12H15N7. The number of hydrogen-bond donors (Lipinski definition) is 3. The number of aromatic amines is 2. The van der Waals surface area contributed by atoms with Crippen molar-refractivity contribution in [3.63, 3.8) is 0 Å². The van der Waals surface area contributed by atoms with Gasteiger partial charge in [-0.25, -0.2) is 9.97 Å². The van der Waals surface area contributed by atoms with Crippen molar-refractivity contribution >= 4 is 16.9 Å². The summed E-state index contributed by atoms with van der Waals surface area (Å²) in [5, 5.41) is 14.8. The van der Waals surface area contributed by atoms with E-state index in [9.17, 15) is 0 Å². The van der Waals surface area contributed by atoms with E-state index in [0.29, 0.717) is 0 Å². The molecule has 7 nitrogen and oxygen atoms in total. The molecule has 0 aliphatic heterocycles. The summed E-state index contributed by atoms with van der Waals surface area (Å²) in [6, 6.07) is 0. The van der Waals surface area contributed by atoms with Crippen LogP contribution in [0.1, 0.15) is 18.2 Å². The lowest BCUT2D eigenvalue weighted by Crippen LogP contribution is -2.07. The molecule has 3 rings (SSSR count). The highest BCUT2D eigenvalue weighted by Crippen LogP contribution is 2.23. The molecule has 0 aromatic carbocycles. The van der Waals surface area contributed by atoms with Gasteiger partial charge in [-0.3, -0.25) is 0 Å². The predicted octanol–water partition coefficient (Wildman–Crippen LogP) is 1.29. The highest BCUT2D eigenvalue weighted by atomic mass is 15.3. The Morgan fingerprint density at radius 3 is 3.05 bits per heavy atom. The van der Waals surface area contributed by atoms with E-state index in [1.165, 1.54) is 5.56 Å². The number of aryl methyl sites for hydroxylation is 1. The first-order valence-corrected chi connectivity index (χ1v) is 6.28. The molecule has 0 radical (unpaired) electrons. The minimum absolute atomic E-state index is 0.757. The summed E-state index contributed by atoms with van der Waals surface area (Å²) in [4.78, 5) is 11.7. The van der Waals surface area contributed by atoms with Crippen molar-refractivity contribution in [2.45, 2.75) is 19.8 Å². The Labute approximate surface area is 109 Å². The lowest BCUT2D eigenvalue weighted by Gasteiger charge is -2.06. The molecule has 0 saturated heterocycles. The van der Waals surface area contributed by atoms with Gasteiger partial charge in [0.15, 0.2) is 0 Å². The van der Waals surface area contributed by atoms with Crippen LogP contribution in [-0.2, 0) is 12.8 Å². The molecule has 19 heavy (non-hydrogen) atoms. The Kier molecular flexibility index (Phi) is 3.09. The van der Waals surface area contributed by atoms with Crippen LogP contribution in [0.2, 0.25) is 0 Å². The molecule has 0 unspecified atom stereocenters. The van der Waals surface area contributed by atoms with Gasteiger partial charge in [-0.15, -0.1) is 0 Å². The molecule has 3 aromatic rings. The van der Waals surface area contributed by atoms with E-state index < -0.39 is 0 Å². The van der Waals surface area contributed by atoms with Crippen LogP contribution >= 0.6 is 0 Å². The number of hydrogen-bond acceptors (Lipinski definition) is 5. The molecule has 0 spiro atoms. The normalized spacial score (nSPS) is 11.0. The molecule has 7 heteroatoms. The predicted molar refractivity (Wildman–Crippen MR) is 71.8 cm³/mol. The molecule has 3 heterocycles. The standard InChI is InChI=1S/C12H15N7/c1-2-8-5-14-12-10(8)11(15-7-16-12)13-4-3-9-6-17-19-18-9/h5-7H,2-4H2,1H3,(H,17,18,19)(H2,13,14,15,16). The van der Waals surface area contributed by atoms with Gasteiger partial charge in [0.2, 0.25) is 0 Å². The number of nitrogens with one attached hydrogen (secondary N) is 3. The molecule has 3 aromatic heterocycles. The van der Waals surface area contributed by atoms with Crippen molar-refractivity contribution in [3.8, 4) is 0 Å². The van der Waals surface area contributed by atoms with E-state index >= 15 is 0 Å². The van der Waals surface area contributed by atoms with Crippen molar-refractivity contribution in [1.29, 1.82) is 0 Å². The van der Waals surface area contributed by atoms with Gasteiger partial charge in [-0.05, 0) is 12.0 Å². The van der Waals surface area contributed by atoms with Crippen LogP contribution in [0.15, 0.2) is 18.7 Å². The van der Waals surface area contributed by atoms with Crippen LogP contribution in [0.25, 0.3) is 11.0 Å². The maximum Gasteiger partial charge on any atom is 0.143 e. The molecule has 0 atom stereocenters. The topological polar surface area (TPSA) is 95.2 Å². The van der Waals surface area contributed by atoms with Gasteiger partial charge in [0.05, 0.1) is 17.3 Å². The van der Waals surface area contributed by atoms with Crippen LogP contribution in [0.4, 0.5) is 5.82 Å². The molecular weight excluding hydrogens is 242 g/mol. The van der Waals surface area contributed by atoms with E-state index in [-0.39, 0.29) is 0 Å². The molecule has 0 fully saturated rings. The zero-order valence-corrected chi connectivity index (χ0v) is 10.6. The third-order valence-electron chi connectivity index (χ3n) is 3.07. The summed E-state index contributed by atoms with van der Waals surface area (Å²) < 4.78 is 0. The summed E-state index contributed by atoms with van der Waals surface area (Å²) in [5.74, 6) is 0.867. The summed E-state index contributed by atoms with van der Waals surface area (Å²) >= 11 is 0. The van der Waals surface area contributed by atoms with E-state index in [0.717, 1.165) is 41.9 Å². The second-order valence-corrected chi connectivity index (χ2v) is 4.25. The minimum Gasteiger partial charge on any atom is -0.369 e. The van der Waals surface area contributed by atoms with Gasteiger partial charge in [-0.2, -0.15) is 15.4 Å². The Balaban J connectivity index is 1.78. The van der Waals surface area contributed by atoms with Crippen LogP contribution in [0.5, 0.6) is 0 Å². The SMILES string of the molecule is CCc1c[nH]c2ncnc(NCCc3cn[nH]n3)c12. The smallest absolute Gasteiger partial charge is 0.143 e. The average Bonchev–Trinajstić information content (AvgIpc) is 3.07. The number of nitrogens with zero attached hydrogens (tertiary/aromatic N) is 4. The Bertz CT molecular complexity index is 656. The van der Waals surface area contributed by atoms with E-state index in [4.69, 9.17) is 0 Å². The third kappa shape index (κ3) is 2.26. The number of aromatic nitrogens is 6. The first-order valence-electron chi connectivity index (χ1n) is 6.28. The van der Waals surface area contributed by atoms with Crippen LogP contribution in [0.3, 0.4) is 0 Å². The van der Waals surface area contributed by atoms with Crippen molar-refractivity contribution in [2.24, 2.45) is 0 Å². The van der Waals surface area contributed by atoms with E-state index in [1.54, 1.807) is 12.5 Å². The van der Waals surface area contributed by atoms with Crippen LogP contribution in [-0.4, -0.2) is 36.9 Å². The number of H-pyrrole nitrogens is 2. The second-order valence-electron chi connectivity index (χ2n) is 4.25. The molecule has 0 saturated carbocycles. The largest absolute Gasteiger partial charge is 0.369 e. The Morgan fingerprint density at radius 2 is 2.26 bits per heavy atom. The minimum atomic E-state index is 0.757. The lowest BCUT2D eigenvalue weighted by atomic mass is 10.2. The van der Waals surface area contributed by atoms with E-state index in [1.807, 2.05) is 6.20 Å². The Morgan fingerprint density at radius 1 is 1.32 bits per heavy atom. The van der Waals surface area contributed by atoms with E-state index in [2.05, 4.69) is 42.6 Å². The van der Waals surface area contributed by atoms with Crippen molar-refractivity contribution in [3.05, 3.63) is 30.0 Å². The van der Waals surface area contributed by atoms with Gasteiger partial charge in [0, 0.05) is 19.2 Å². The molecule has 0 aliphatic carbocycles. The van der Waals surface area contributed by atoms with Crippen molar-refractivity contribution < 1.29 is 0 Å². The van der Waals surface area contributed by atoms with Crippen molar-refractivity contribution in [1.82, 2.24) is 30.4 Å². The third-order valence-corrected chi connectivity index (χ3v) is 3.07. The maximum atomic E-state index is 4.32. The summed E-state index contributed by atoms with van der Waals surface area (Å²) in [6.45, 7) is 2.88. The number of fused-ring (bicyclic) bond motifs is 1. The molecule has 0 bridgehead atoms. The fraction of sp³-hybridized carbons (Fsp3) is 0.333. The molecule has 0 aliphatic rings. The average molecular weight is 257 g/mol. The fourth-order valence-corrected chi connectivity index (χ4v) is 2.09. The number of rotatable bonds is 5. The maximum absolute atomic E-state index is 4.32. The fourth-order valence-electron chi connectivity index (χ4n) is 2.09. The highest BCUT2D eigenvalue weighted by molar-refractivity contribution is 5.90. The molecule has 3 N–H and O–H groups in total. The second kappa shape index (κ2) is 5.05. The van der Waals surface area contributed by atoms with Gasteiger partial charge in [0.1, 0.15) is 17.8 Å². The zero-order chi connectivity index (χ0) is 13.1. The van der Waals surface area contributed by atoms with Gasteiger partial charge >= 0.3 is 0 Å². The van der Waals surface area contributed by atoms with Gasteiger partial charge < -0.3 is 10.3 Å². The summed E-state index contributed by atoms with van der Waals surface area (Å²) in [6.07, 6.45) is 7.03. The zero-order valence-electron chi connectivity index (χ0n) is 10.6. The molecule has 0 amide bonds. The highest BCUT2D eigenvalue weighted by Gasteiger charge is 2.09. The first-order chi connectivity index (χ1) is 9.38. The van der Waals surface area contributed by atoms with Crippen LogP contribution in [0, 0.1) is 0 Å². The summed E-state index contributed by atoms with van der Waals surface area (Å²) in [7, 11) is 0. The van der Waals surface area contributed by atoms with Gasteiger partial charge in [0.25, 0.3) is 0 Å². The van der Waals surface area contributed by atoms with Gasteiger partial charge in [-0.1, -0.05) is 6.92 Å². The van der Waals surface area contributed by atoms with Crippen LogP contribution < -0.4 is 5.32 Å². The summed E-state index contributed by atoms with van der Waals surface area (Å²) in [5.41, 5.74) is 3.03. The first kappa shape index (κ1) is 11.6. The Hall–Kier alpha value is -2.44. The quantitative estimate of drug-likeness (QED) is 0.640. The lowest BCUT2D eigenvalue weighted by molar-refractivity contribution is 0.890. The molecule has 98 valence electrons. The monoisotopic (exact) mass is 257 g/mol. The number of anilines is 1. The van der Waals surface area contributed by atoms with Crippen molar-refractivity contribution in [2.75, 3.05) is 11.9 Å².